The van der Waals surface area contributed by atoms with Gasteiger partial charge in [0, 0.05) is 13.2 Å². The van der Waals surface area contributed by atoms with Crippen LogP contribution in [0.15, 0.2) is 0 Å². The highest BCUT2D eigenvalue weighted by Crippen LogP contribution is 2.43. The standard InChI is InChI=1S/C17H32O6/c1-5-7-9-19-12-17(11-18)14(20-10-8-6-2)13-15(23-17)22-16(3,4)21-13/h13-15,18H,5-12H2,1-4H3/t13-,14+,15+,17?/m1/s1. The molecule has 2 saturated heterocycles. The van der Waals surface area contributed by atoms with Gasteiger partial charge in [0.25, 0.3) is 0 Å². The second kappa shape index (κ2) is 8.23. The lowest BCUT2D eigenvalue weighted by Gasteiger charge is -2.35. The lowest BCUT2D eigenvalue weighted by molar-refractivity contribution is -0.260. The van der Waals surface area contributed by atoms with Crippen LogP contribution in [0.25, 0.3) is 0 Å². The van der Waals surface area contributed by atoms with Gasteiger partial charge in [0.15, 0.2) is 12.1 Å². The fraction of sp³-hybridized carbons (Fsp3) is 1.00. The van der Waals surface area contributed by atoms with Crippen LogP contribution in [-0.4, -0.2) is 61.4 Å². The molecule has 0 radical (unpaired) electrons. The summed E-state index contributed by atoms with van der Waals surface area (Å²) in [5, 5.41) is 9.99. The number of fused-ring (bicyclic) bond motifs is 1. The van der Waals surface area contributed by atoms with Crippen molar-refractivity contribution in [3.8, 4) is 0 Å². The summed E-state index contributed by atoms with van der Waals surface area (Å²) in [6, 6.07) is 0. The minimum absolute atomic E-state index is 0.184. The molecule has 6 heteroatoms. The van der Waals surface area contributed by atoms with E-state index in [-0.39, 0.29) is 19.3 Å². The molecule has 0 aromatic rings. The number of unbranched alkanes of at least 4 members (excludes halogenated alkanes) is 2. The maximum absolute atomic E-state index is 9.99. The van der Waals surface area contributed by atoms with Crippen LogP contribution in [-0.2, 0) is 23.7 Å². The first-order valence-electron chi connectivity index (χ1n) is 8.81. The van der Waals surface area contributed by atoms with Gasteiger partial charge in [-0.2, -0.15) is 0 Å². The highest BCUT2D eigenvalue weighted by atomic mass is 16.8. The molecule has 23 heavy (non-hydrogen) atoms. The molecule has 2 heterocycles. The average Bonchev–Trinajstić information content (AvgIpc) is 2.94. The molecule has 136 valence electrons. The quantitative estimate of drug-likeness (QED) is 0.619. The highest BCUT2D eigenvalue weighted by Gasteiger charge is 2.62. The zero-order chi connectivity index (χ0) is 16.9. The minimum Gasteiger partial charge on any atom is -0.393 e. The Morgan fingerprint density at radius 1 is 1.00 bits per heavy atom. The summed E-state index contributed by atoms with van der Waals surface area (Å²) in [5.41, 5.74) is -0.923. The Labute approximate surface area is 139 Å². The smallest absolute Gasteiger partial charge is 0.190 e. The Bertz CT molecular complexity index is 361. The zero-order valence-electron chi connectivity index (χ0n) is 14.9. The third-order valence-corrected chi connectivity index (χ3v) is 4.31. The predicted molar refractivity (Wildman–Crippen MR) is 85.1 cm³/mol. The van der Waals surface area contributed by atoms with Crippen LogP contribution in [0, 0.1) is 0 Å². The molecule has 1 unspecified atom stereocenters. The summed E-state index contributed by atoms with van der Waals surface area (Å²) < 4.78 is 29.6. The molecule has 1 N–H and O–H groups in total. The lowest BCUT2D eigenvalue weighted by Crippen LogP contribution is -2.52. The predicted octanol–water partition coefficient (Wildman–Crippen LogP) is 2.23. The molecule has 2 fully saturated rings. The number of hydrogen-bond donors (Lipinski definition) is 1. The van der Waals surface area contributed by atoms with Gasteiger partial charge in [0.1, 0.15) is 17.8 Å². The van der Waals surface area contributed by atoms with E-state index in [2.05, 4.69) is 13.8 Å². The zero-order valence-corrected chi connectivity index (χ0v) is 14.9. The van der Waals surface area contributed by atoms with Crippen molar-refractivity contribution in [3.05, 3.63) is 0 Å². The molecule has 2 aliphatic heterocycles. The van der Waals surface area contributed by atoms with E-state index < -0.39 is 23.8 Å². The summed E-state index contributed by atoms with van der Waals surface area (Å²) >= 11 is 0. The molecule has 0 spiro atoms. The van der Waals surface area contributed by atoms with Crippen molar-refractivity contribution in [2.24, 2.45) is 0 Å². The molecule has 0 aromatic heterocycles. The van der Waals surface area contributed by atoms with Crippen LogP contribution in [0.4, 0.5) is 0 Å². The fourth-order valence-corrected chi connectivity index (χ4v) is 3.03. The summed E-state index contributed by atoms with van der Waals surface area (Å²) in [6.45, 7) is 9.29. The van der Waals surface area contributed by atoms with Gasteiger partial charge in [0.05, 0.1) is 13.2 Å². The van der Waals surface area contributed by atoms with Crippen LogP contribution in [0.1, 0.15) is 53.4 Å². The average molecular weight is 332 g/mol. The highest BCUT2D eigenvalue weighted by molar-refractivity contribution is 5.04. The molecule has 0 saturated carbocycles. The van der Waals surface area contributed by atoms with E-state index in [9.17, 15) is 5.11 Å². The van der Waals surface area contributed by atoms with Crippen molar-refractivity contribution >= 4 is 0 Å². The molecule has 0 aromatic carbocycles. The molecule has 0 aliphatic carbocycles. The number of aliphatic hydroxyl groups excluding tert-OH is 1. The van der Waals surface area contributed by atoms with Crippen LogP contribution >= 0.6 is 0 Å². The van der Waals surface area contributed by atoms with Crippen molar-refractivity contribution in [3.63, 3.8) is 0 Å². The first-order valence-corrected chi connectivity index (χ1v) is 8.81. The Morgan fingerprint density at radius 2 is 1.70 bits per heavy atom. The topological polar surface area (TPSA) is 66.4 Å². The largest absolute Gasteiger partial charge is 0.393 e. The van der Waals surface area contributed by atoms with E-state index >= 15 is 0 Å². The Hall–Kier alpha value is -0.240. The van der Waals surface area contributed by atoms with Gasteiger partial charge in [-0.25, -0.2) is 0 Å². The van der Waals surface area contributed by atoms with E-state index in [1.54, 1.807) is 0 Å². The molecular weight excluding hydrogens is 300 g/mol. The lowest BCUT2D eigenvalue weighted by atomic mass is 9.96. The maximum Gasteiger partial charge on any atom is 0.190 e. The summed E-state index contributed by atoms with van der Waals surface area (Å²) in [5.74, 6) is -0.702. The first kappa shape index (κ1) is 19.1. The second-order valence-electron chi connectivity index (χ2n) is 6.86. The normalized spacial score (nSPS) is 35.6. The molecule has 2 rings (SSSR count). The van der Waals surface area contributed by atoms with E-state index in [1.165, 1.54) is 0 Å². The van der Waals surface area contributed by atoms with E-state index in [0.29, 0.717) is 13.2 Å². The van der Waals surface area contributed by atoms with Crippen LogP contribution < -0.4 is 0 Å². The summed E-state index contributed by atoms with van der Waals surface area (Å²) in [7, 11) is 0. The Morgan fingerprint density at radius 3 is 2.35 bits per heavy atom. The van der Waals surface area contributed by atoms with Gasteiger partial charge in [-0.3, -0.25) is 0 Å². The van der Waals surface area contributed by atoms with Crippen LogP contribution in [0.3, 0.4) is 0 Å². The minimum atomic E-state index is -0.923. The third kappa shape index (κ3) is 4.44. The molecule has 2 aliphatic rings. The molecule has 0 bridgehead atoms. The van der Waals surface area contributed by atoms with E-state index in [0.717, 1.165) is 25.7 Å². The summed E-state index contributed by atoms with van der Waals surface area (Å²) in [4.78, 5) is 0. The van der Waals surface area contributed by atoms with Crippen LogP contribution in [0.5, 0.6) is 0 Å². The summed E-state index contributed by atoms with van der Waals surface area (Å²) in [6.07, 6.45) is 2.78. The van der Waals surface area contributed by atoms with Crippen molar-refractivity contribution < 1.29 is 28.8 Å². The van der Waals surface area contributed by atoms with E-state index in [1.807, 2.05) is 13.8 Å². The van der Waals surface area contributed by atoms with Crippen LogP contribution in [0.2, 0.25) is 0 Å². The van der Waals surface area contributed by atoms with E-state index in [4.69, 9.17) is 23.7 Å². The number of ether oxygens (including phenoxy) is 5. The maximum atomic E-state index is 9.99. The molecular formula is C17H32O6. The number of rotatable bonds is 10. The van der Waals surface area contributed by atoms with Crippen molar-refractivity contribution in [2.75, 3.05) is 26.4 Å². The Kier molecular flexibility index (Phi) is 6.83. The SMILES string of the molecule is CCCCOCC1(CO)O[C@@H]2OC(C)(C)O[C@@H]2[C@@H]1OCCCC. The van der Waals surface area contributed by atoms with Gasteiger partial charge in [0.2, 0.25) is 0 Å². The molecule has 4 atom stereocenters. The van der Waals surface area contributed by atoms with Gasteiger partial charge in [-0.05, 0) is 26.7 Å². The molecule has 6 nitrogen and oxygen atoms in total. The number of hydrogen-bond acceptors (Lipinski definition) is 6. The second-order valence-corrected chi connectivity index (χ2v) is 6.86. The van der Waals surface area contributed by atoms with Gasteiger partial charge < -0.3 is 28.8 Å². The fourth-order valence-electron chi connectivity index (χ4n) is 3.03. The third-order valence-electron chi connectivity index (χ3n) is 4.31. The Balaban J connectivity index is 2.05. The first-order chi connectivity index (χ1) is 11.0. The number of aliphatic hydroxyl groups is 1. The van der Waals surface area contributed by atoms with Crippen molar-refractivity contribution in [1.29, 1.82) is 0 Å². The van der Waals surface area contributed by atoms with Crippen molar-refractivity contribution in [1.82, 2.24) is 0 Å². The van der Waals surface area contributed by atoms with Gasteiger partial charge in [-0.1, -0.05) is 26.7 Å². The van der Waals surface area contributed by atoms with Crippen molar-refractivity contribution in [2.45, 2.75) is 83.3 Å². The monoisotopic (exact) mass is 332 g/mol. The van der Waals surface area contributed by atoms with Gasteiger partial charge >= 0.3 is 0 Å². The molecule has 0 amide bonds. The van der Waals surface area contributed by atoms with Gasteiger partial charge in [-0.15, -0.1) is 0 Å².